The van der Waals surface area contributed by atoms with E-state index in [0.717, 1.165) is 17.2 Å². The maximum Gasteiger partial charge on any atom is 0.150 e. The van der Waals surface area contributed by atoms with Gasteiger partial charge < -0.3 is 0 Å². The second kappa shape index (κ2) is 4.17. The lowest BCUT2D eigenvalue weighted by atomic mass is 9.93. The van der Waals surface area contributed by atoms with Crippen molar-refractivity contribution in [1.82, 2.24) is 0 Å². The molecule has 1 heteroatoms. The van der Waals surface area contributed by atoms with Crippen LogP contribution in [0.4, 0.5) is 0 Å². The predicted octanol–water partition coefficient (Wildman–Crippen LogP) is 4.96. The highest BCUT2D eigenvalue weighted by Crippen LogP contribution is 2.34. The molecule has 0 aliphatic rings. The zero-order valence-electron chi connectivity index (χ0n) is 10.8. The molecule has 1 nitrogen and oxygen atoms in total. The van der Waals surface area contributed by atoms with E-state index in [1.165, 1.54) is 26.9 Å². The molecular weight excluding hydrogens is 244 g/mol. The van der Waals surface area contributed by atoms with Crippen molar-refractivity contribution >= 4 is 38.6 Å². The van der Waals surface area contributed by atoms with Gasteiger partial charge in [0.2, 0.25) is 0 Å². The highest BCUT2D eigenvalue weighted by Gasteiger charge is 2.07. The summed E-state index contributed by atoms with van der Waals surface area (Å²) in [5.41, 5.74) is 0.720. The van der Waals surface area contributed by atoms with Crippen molar-refractivity contribution in [3.05, 3.63) is 72.3 Å². The van der Waals surface area contributed by atoms with Gasteiger partial charge in [-0.3, -0.25) is 4.79 Å². The predicted molar refractivity (Wildman–Crippen MR) is 84.3 cm³/mol. The number of carbonyl (C=O) groups is 1. The molecule has 0 saturated heterocycles. The van der Waals surface area contributed by atoms with Crippen LogP contribution in [0.25, 0.3) is 32.3 Å². The standard InChI is InChI=1S/C19H12O/c20-12-13-9-10-18-16-7-2-1-5-14(16)15-6-3-4-8-17(15)19(18)11-13/h1-12H. The van der Waals surface area contributed by atoms with Crippen LogP contribution in [0.1, 0.15) is 10.4 Å². The van der Waals surface area contributed by atoms with E-state index in [1.807, 2.05) is 24.3 Å². The molecule has 0 spiro atoms. The molecule has 4 aromatic rings. The Balaban J connectivity index is 2.38. The van der Waals surface area contributed by atoms with Crippen molar-refractivity contribution in [3.8, 4) is 0 Å². The van der Waals surface area contributed by atoms with Gasteiger partial charge in [-0.1, -0.05) is 60.7 Å². The van der Waals surface area contributed by atoms with Crippen LogP contribution in [-0.2, 0) is 0 Å². The molecule has 4 aromatic carbocycles. The number of carbonyl (C=O) groups excluding carboxylic acids is 1. The maximum atomic E-state index is 11.0. The maximum absolute atomic E-state index is 11.0. The molecule has 0 aliphatic heterocycles. The summed E-state index contributed by atoms with van der Waals surface area (Å²) in [5.74, 6) is 0. The summed E-state index contributed by atoms with van der Waals surface area (Å²) in [6, 6.07) is 22.7. The molecule has 20 heavy (non-hydrogen) atoms. The first kappa shape index (κ1) is 11.2. The van der Waals surface area contributed by atoms with Gasteiger partial charge in [-0.15, -0.1) is 0 Å². The summed E-state index contributed by atoms with van der Waals surface area (Å²) in [6.07, 6.45) is 0.906. The van der Waals surface area contributed by atoms with E-state index in [9.17, 15) is 4.79 Å². The molecule has 0 unspecified atom stereocenters. The second-order valence-corrected chi connectivity index (χ2v) is 5.01. The minimum Gasteiger partial charge on any atom is -0.298 e. The minimum absolute atomic E-state index is 0.720. The van der Waals surface area contributed by atoms with Crippen LogP contribution >= 0.6 is 0 Å². The van der Waals surface area contributed by atoms with E-state index >= 15 is 0 Å². The summed E-state index contributed by atoms with van der Waals surface area (Å²) >= 11 is 0. The first-order valence-electron chi connectivity index (χ1n) is 6.67. The van der Waals surface area contributed by atoms with Crippen molar-refractivity contribution in [2.24, 2.45) is 0 Å². The minimum atomic E-state index is 0.720. The number of hydrogen-bond acceptors (Lipinski definition) is 1. The van der Waals surface area contributed by atoms with E-state index < -0.39 is 0 Å². The molecule has 0 atom stereocenters. The molecule has 4 rings (SSSR count). The Morgan fingerprint density at radius 1 is 0.550 bits per heavy atom. The molecule has 94 valence electrons. The van der Waals surface area contributed by atoms with Gasteiger partial charge in [0.05, 0.1) is 0 Å². The highest BCUT2D eigenvalue weighted by molar-refractivity contribution is 6.25. The number of fused-ring (bicyclic) bond motifs is 6. The van der Waals surface area contributed by atoms with Crippen LogP contribution in [0.5, 0.6) is 0 Å². The molecule has 0 amide bonds. The van der Waals surface area contributed by atoms with Crippen molar-refractivity contribution in [2.45, 2.75) is 0 Å². The number of aldehydes is 1. The smallest absolute Gasteiger partial charge is 0.150 e. The van der Waals surface area contributed by atoms with Gasteiger partial charge in [0.25, 0.3) is 0 Å². The van der Waals surface area contributed by atoms with Crippen molar-refractivity contribution < 1.29 is 4.79 Å². The Hall–Kier alpha value is -2.67. The van der Waals surface area contributed by atoms with E-state index in [4.69, 9.17) is 0 Å². The molecule has 0 fully saturated rings. The van der Waals surface area contributed by atoms with Gasteiger partial charge in [0.1, 0.15) is 6.29 Å². The molecular formula is C19H12O. The van der Waals surface area contributed by atoms with Crippen molar-refractivity contribution in [1.29, 1.82) is 0 Å². The van der Waals surface area contributed by atoms with Crippen LogP contribution in [0, 0.1) is 0 Å². The third kappa shape index (κ3) is 1.47. The molecule has 0 heterocycles. The fraction of sp³-hybridized carbons (Fsp3) is 0. The largest absolute Gasteiger partial charge is 0.298 e. The summed E-state index contributed by atoms with van der Waals surface area (Å²) in [7, 11) is 0. The Morgan fingerprint density at radius 2 is 1.00 bits per heavy atom. The average molecular weight is 256 g/mol. The quantitative estimate of drug-likeness (QED) is 0.347. The average Bonchev–Trinajstić information content (AvgIpc) is 2.54. The number of benzene rings is 4. The molecule has 0 N–H and O–H groups in total. The second-order valence-electron chi connectivity index (χ2n) is 5.01. The zero-order chi connectivity index (χ0) is 13.5. The Labute approximate surface area is 116 Å². The van der Waals surface area contributed by atoms with Gasteiger partial charge in [0.15, 0.2) is 0 Å². The first-order chi connectivity index (χ1) is 9.88. The third-order valence-electron chi connectivity index (χ3n) is 3.90. The molecule has 0 aliphatic carbocycles. The van der Waals surface area contributed by atoms with Crippen molar-refractivity contribution in [3.63, 3.8) is 0 Å². The van der Waals surface area contributed by atoms with Gasteiger partial charge in [0, 0.05) is 5.56 Å². The monoisotopic (exact) mass is 256 g/mol. The first-order valence-corrected chi connectivity index (χ1v) is 6.67. The third-order valence-corrected chi connectivity index (χ3v) is 3.90. The SMILES string of the molecule is O=Cc1ccc2c3ccccc3c3ccccc3c2c1. The number of hydrogen-bond donors (Lipinski definition) is 0. The van der Waals surface area contributed by atoms with E-state index in [-0.39, 0.29) is 0 Å². The Kier molecular flexibility index (Phi) is 2.33. The lowest BCUT2D eigenvalue weighted by Crippen LogP contribution is -1.85. The summed E-state index contributed by atoms with van der Waals surface area (Å²) in [4.78, 5) is 11.0. The Bertz CT molecular complexity index is 932. The fourth-order valence-corrected chi connectivity index (χ4v) is 3.00. The molecule has 0 bridgehead atoms. The Morgan fingerprint density at radius 3 is 1.50 bits per heavy atom. The zero-order valence-corrected chi connectivity index (χ0v) is 10.8. The van der Waals surface area contributed by atoms with Crippen LogP contribution in [0.15, 0.2) is 66.7 Å². The lowest BCUT2D eigenvalue weighted by Gasteiger charge is -2.10. The summed E-state index contributed by atoms with van der Waals surface area (Å²) in [5, 5.41) is 7.27. The number of rotatable bonds is 1. The normalized spacial score (nSPS) is 11.2. The van der Waals surface area contributed by atoms with E-state index in [1.54, 1.807) is 0 Å². The van der Waals surface area contributed by atoms with Gasteiger partial charge in [-0.05, 0) is 38.4 Å². The van der Waals surface area contributed by atoms with Crippen LogP contribution in [0.2, 0.25) is 0 Å². The summed E-state index contributed by atoms with van der Waals surface area (Å²) in [6.45, 7) is 0. The highest BCUT2D eigenvalue weighted by atomic mass is 16.1. The van der Waals surface area contributed by atoms with Crippen LogP contribution in [-0.4, -0.2) is 6.29 Å². The van der Waals surface area contributed by atoms with Gasteiger partial charge >= 0.3 is 0 Å². The topological polar surface area (TPSA) is 17.1 Å². The van der Waals surface area contributed by atoms with Crippen LogP contribution in [0.3, 0.4) is 0 Å². The fourth-order valence-electron chi connectivity index (χ4n) is 3.00. The lowest BCUT2D eigenvalue weighted by molar-refractivity contribution is 0.112. The van der Waals surface area contributed by atoms with Gasteiger partial charge in [-0.2, -0.15) is 0 Å². The van der Waals surface area contributed by atoms with E-state index in [0.29, 0.717) is 0 Å². The summed E-state index contributed by atoms with van der Waals surface area (Å²) < 4.78 is 0. The molecule has 0 saturated carbocycles. The van der Waals surface area contributed by atoms with E-state index in [2.05, 4.69) is 42.5 Å². The van der Waals surface area contributed by atoms with Crippen LogP contribution < -0.4 is 0 Å². The molecule has 0 aromatic heterocycles. The van der Waals surface area contributed by atoms with Crippen molar-refractivity contribution in [2.75, 3.05) is 0 Å². The van der Waals surface area contributed by atoms with Gasteiger partial charge in [-0.25, -0.2) is 0 Å². The molecule has 0 radical (unpaired) electrons.